The molecule has 0 aliphatic rings. The number of nitrogen functional groups attached to an aromatic ring is 1. The summed E-state index contributed by atoms with van der Waals surface area (Å²) in [6, 6.07) is 11.2. The second-order valence-electron chi connectivity index (χ2n) is 8.73. The van der Waals surface area contributed by atoms with Crippen LogP contribution in [-0.2, 0) is 4.74 Å². The van der Waals surface area contributed by atoms with Crippen LogP contribution in [0.4, 0.5) is 15.8 Å². The molecule has 1 atom stereocenters. The number of aromatic nitrogens is 1. The van der Waals surface area contributed by atoms with E-state index in [1.807, 2.05) is 26.0 Å². The SMILES string of the molecule is CN=Cc1cc(-c2oc3c(C(C)Nc4ccc(F)nc4C(=O)OC)cc(C)cc3c(=O)c2C)ccc1N. The third-order valence-electron chi connectivity index (χ3n) is 6.09. The minimum atomic E-state index is -0.804. The monoisotopic (exact) mass is 502 g/mol. The van der Waals surface area contributed by atoms with Gasteiger partial charge in [0.15, 0.2) is 11.1 Å². The number of esters is 1. The summed E-state index contributed by atoms with van der Waals surface area (Å²) in [6.45, 7) is 5.45. The van der Waals surface area contributed by atoms with E-state index in [0.717, 1.165) is 11.6 Å². The molecule has 2 heterocycles. The van der Waals surface area contributed by atoms with Crippen molar-refractivity contribution >= 4 is 34.5 Å². The van der Waals surface area contributed by atoms with Gasteiger partial charge in [0, 0.05) is 41.2 Å². The standard InChI is InChI=1S/C28H27FN4O4/c1-14-10-19(16(3)32-22-8-9-23(29)33-24(22)28(35)36-5)27-20(11-14)25(34)15(2)26(37-27)17-6-7-21(30)18(12-17)13-31-4/h6-13,16,32H,30H2,1-5H3. The zero-order valence-corrected chi connectivity index (χ0v) is 21.2. The Morgan fingerprint density at radius 2 is 1.97 bits per heavy atom. The van der Waals surface area contributed by atoms with Gasteiger partial charge in [-0.05, 0) is 62.7 Å². The molecule has 0 fully saturated rings. The predicted octanol–water partition coefficient (Wildman–Crippen LogP) is 5.20. The molecule has 1 unspecified atom stereocenters. The lowest BCUT2D eigenvalue weighted by atomic mass is 9.98. The average Bonchev–Trinajstić information content (AvgIpc) is 2.88. The van der Waals surface area contributed by atoms with Crippen molar-refractivity contribution in [3.8, 4) is 11.3 Å². The van der Waals surface area contributed by atoms with Crippen LogP contribution in [-0.4, -0.2) is 31.3 Å². The number of methoxy groups -OCH3 is 1. The molecule has 0 aliphatic carbocycles. The van der Waals surface area contributed by atoms with Crippen LogP contribution in [0.1, 0.15) is 45.7 Å². The Balaban J connectivity index is 1.89. The van der Waals surface area contributed by atoms with E-state index < -0.39 is 18.0 Å². The van der Waals surface area contributed by atoms with E-state index in [4.69, 9.17) is 14.9 Å². The van der Waals surface area contributed by atoms with Crippen LogP contribution in [0.25, 0.3) is 22.3 Å². The number of fused-ring (bicyclic) bond motifs is 1. The van der Waals surface area contributed by atoms with Gasteiger partial charge in [-0.15, -0.1) is 0 Å². The van der Waals surface area contributed by atoms with Crippen molar-refractivity contribution in [3.63, 3.8) is 0 Å². The normalized spacial score (nSPS) is 12.2. The van der Waals surface area contributed by atoms with Crippen molar-refractivity contribution in [1.29, 1.82) is 0 Å². The van der Waals surface area contributed by atoms with Crippen LogP contribution in [0.3, 0.4) is 0 Å². The molecule has 0 saturated heterocycles. The lowest BCUT2D eigenvalue weighted by molar-refractivity contribution is 0.0594. The minimum absolute atomic E-state index is 0.158. The summed E-state index contributed by atoms with van der Waals surface area (Å²) in [4.78, 5) is 33.4. The molecule has 37 heavy (non-hydrogen) atoms. The number of carbonyl (C=O) groups excluding carboxylic acids is 1. The molecule has 2 aromatic heterocycles. The molecule has 3 N–H and O–H groups in total. The largest absolute Gasteiger partial charge is 0.464 e. The highest BCUT2D eigenvalue weighted by atomic mass is 19.1. The van der Waals surface area contributed by atoms with Gasteiger partial charge in [0.2, 0.25) is 5.95 Å². The molecule has 4 rings (SSSR count). The van der Waals surface area contributed by atoms with Gasteiger partial charge >= 0.3 is 5.97 Å². The summed E-state index contributed by atoms with van der Waals surface area (Å²) in [6.07, 6.45) is 1.64. The van der Waals surface area contributed by atoms with Crippen LogP contribution in [0.15, 0.2) is 56.7 Å². The van der Waals surface area contributed by atoms with Crippen LogP contribution in [0, 0.1) is 19.8 Å². The Labute approximate surface area is 213 Å². The van der Waals surface area contributed by atoms with Gasteiger partial charge in [0.05, 0.1) is 24.2 Å². The fraction of sp³-hybridized carbons (Fsp3) is 0.214. The smallest absolute Gasteiger partial charge is 0.358 e. The highest BCUT2D eigenvalue weighted by Crippen LogP contribution is 2.33. The fourth-order valence-corrected chi connectivity index (χ4v) is 4.25. The van der Waals surface area contributed by atoms with E-state index in [0.29, 0.717) is 44.7 Å². The number of halogens is 1. The van der Waals surface area contributed by atoms with Gasteiger partial charge in [0.25, 0.3) is 0 Å². The zero-order chi connectivity index (χ0) is 26.9. The first-order chi connectivity index (χ1) is 17.6. The molecule has 0 radical (unpaired) electrons. The van der Waals surface area contributed by atoms with Crippen LogP contribution in [0.5, 0.6) is 0 Å². The molecule has 4 aromatic rings. The van der Waals surface area contributed by atoms with E-state index in [1.54, 1.807) is 38.4 Å². The number of rotatable bonds is 6. The maximum Gasteiger partial charge on any atom is 0.358 e. The average molecular weight is 503 g/mol. The predicted molar refractivity (Wildman–Crippen MR) is 143 cm³/mol. The number of nitrogens with two attached hydrogens (primary N) is 1. The van der Waals surface area contributed by atoms with E-state index in [1.165, 1.54) is 13.2 Å². The number of hydrogen-bond acceptors (Lipinski definition) is 8. The van der Waals surface area contributed by atoms with Crippen LogP contribution < -0.4 is 16.5 Å². The molecule has 0 saturated carbocycles. The van der Waals surface area contributed by atoms with Crippen molar-refractivity contribution in [1.82, 2.24) is 4.98 Å². The van der Waals surface area contributed by atoms with Gasteiger partial charge in [-0.25, -0.2) is 9.78 Å². The van der Waals surface area contributed by atoms with Crippen LogP contribution >= 0.6 is 0 Å². The highest BCUT2D eigenvalue weighted by Gasteiger charge is 2.22. The minimum Gasteiger partial charge on any atom is -0.464 e. The number of aliphatic imine (C=N–C) groups is 1. The summed E-state index contributed by atoms with van der Waals surface area (Å²) in [7, 11) is 2.85. The molecule has 0 bridgehead atoms. The number of anilines is 2. The molecule has 9 heteroatoms. The molecule has 0 aliphatic heterocycles. The van der Waals surface area contributed by atoms with E-state index >= 15 is 0 Å². The van der Waals surface area contributed by atoms with Crippen molar-refractivity contribution in [3.05, 3.63) is 86.6 Å². The van der Waals surface area contributed by atoms with Crippen LogP contribution in [0.2, 0.25) is 0 Å². The van der Waals surface area contributed by atoms with E-state index in [-0.39, 0.29) is 16.8 Å². The van der Waals surface area contributed by atoms with Gasteiger partial charge in [-0.2, -0.15) is 4.39 Å². The van der Waals surface area contributed by atoms with Gasteiger partial charge < -0.3 is 20.2 Å². The van der Waals surface area contributed by atoms with Crippen molar-refractivity contribution in [2.45, 2.75) is 26.8 Å². The summed E-state index contributed by atoms with van der Waals surface area (Å²) < 4.78 is 24.9. The Kier molecular flexibility index (Phi) is 7.06. The number of aryl methyl sites for hydroxylation is 1. The topological polar surface area (TPSA) is 120 Å². The molecular formula is C28H27FN4O4. The summed E-state index contributed by atoms with van der Waals surface area (Å²) in [5.41, 5.74) is 10.4. The molecule has 2 aromatic carbocycles. The first kappa shape index (κ1) is 25.6. The quantitative estimate of drug-likeness (QED) is 0.161. The number of nitrogens with one attached hydrogen (secondary N) is 1. The Morgan fingerprint density at radius 3 is 2.68 bits per heavy atom. The molecule has 0 spiro atoms. The first-order valence-corrected chi connectivity index (χ1v) is 11.6. The van der Waals surface area contributed by atoms with Crippen molar-refractivity contribution < 1.29 is 18.3 Å². The van der Waals surface area contributed by atoms with Gasteiger partial charge in [-0.1, -0.05) is 6.07 Å². The van der Waals surface area contributed by atoms with E-state index in [9.17, 15) is 14.0 Å². The Bertz CT molecular complexity index is 1610. The molecule has 190 valence electrons. The first-order valence-electron chi connectivity index (χ1n) is 11.6. The number of pyridine rings is 1. The van der Waals surface area contributed by atoms with E-state index in [2.05, 4.69) is 15.3 Å². The third kappa shape index (κ3) is 4.93. The summed E-state index contributed by atoms with van der Waals surface area (Å²) in [5, 5.41) is 3.62. The maximum atomic E-state index is 13.7. The third-order valence-corrected chi connectivity index (χ3v) is 6.09. The lowest BCUT2D eigenvalue weighted by Gasteiger charge is -2.20. The highest BCUT2D eigenvalue weighted by molar-refractivity contribution is 5.94. The van der Waals surface area contributed by atoms with Gasteiger partial charge in [0.1, 0.15) is 11.3 Å². The number of carbonyl (C=O) groups is 1. The number of benzene rings is 2. The molecule has 8 nitrogen and oxygen atoms in total. The van der Waals surface area contributed by atoms with Gasteiger partial charge in [-0.3, -0.25) is 9.79 Å². The summed E-state index contributed by atoms with van der Waals surface area (Å²) in [5.74, 6) is -1.16. The number of nitrogens with zero attached hydrogens (tertiary/aromatic N) is 2. The second kappa shape index (κ2) is 10.2. The molecule has 0 amide bonds. The summed E-state index contributed by atoms with van der Waals surface area (Å²) >= 11 is 0. The second-order valence-corrected chi connectivity index (χ2v) is 8.73. The zero-order valence-electron chi connectivity index (χ0n) is 21.2. The fourth-order valence-electron chi connectivity index (χ4n) is 4.25. The Hall–Kier alpha value is -4.53. The maximum absolute atomic E-state index is 13.7. The van der Waals surface area contributed by atoms with Crippen molar-refractivity contribution in [2.75, 3.05) is 25.2 Å². The van der Waals surface area contributed by atoms with Crippen molar-refractivity contribution in [2.24, 2.45) is 4.99 Å². The Morgan fingerprint density at radius 1 is 1.22 bits per heavy atom. The molecular weight excluding hydrogens is 475 g/mol. The number of hydrogen-bond donors (Lipinski definition) is 2. The lowest BCUT2D eigenvalue weighted by Crippen LogP contribution is -2.15. The number of ether oxygens (including phenoxy) is 1.